The molecule has 0 unspecified atom stereocenters. The van der Waals surface area contributed by atoms with Crippen LogP contribution < -0.4 is 10.2 Å². The molecular weight excluding hydrogens is 266 g/mol. The predicted molar refractivity (Wildman–Crippen MR) is 86.9 cm³/mol. The average molecular weight is 295 g/mol. The van der Waals surface area contributed by atoms with E-state index >= 15 is 0 Å². The summed E-state index contributed by atoms with van der Waals surface area (Å²) in [5.41, 5.74) is 2.38. The molecule has 0 aliphatic heterocycles. The van der Waals surface area contributed by atoms with Crippen LogP contribution in [0.25, 0.3) is 0 Å². The summed E-state index contributed by atoms with van der Waals surface area (Å²) in [6.45, 7) is 10.2. The van der Waals surface area contributed by atoms with Gasteiger partial charge in [0.05, 0.1) is 19.3 Å². The molecule has 0 spiro atoms. The van der Waals surface area contributed by atoms with Crippen molar-refractivity contribution in [2.45, 2.75) is 33.4 Å². The first-order valence-electron chi connectivity index (χ1n) is 7.52. The molecule has 0 bridgehead atoms. The van der Waals surface area contributed by atoms with Crippen molar-refractivity contribution in [3.05, 3.63) is 23.4 Å². The Morgan fingerprint density at radius 2 is 2.10 bits per heavy atom. The van der Waals surface area contributed by atoms with E-state index in [4.69, 9.17) is 9.47 Å². The van der Waals surface area contributed by atoms with E-state index in [1.165, 1.54) is 11.1 Å². The molecule has 0 amide bonds. The lowest BCUT2D eigenvalue weighted by Crippen LogP contribution is -2.25. The van der Waals surface area contributed by atoms with Crippen LogP contribution in [0, 0.1) is 6.92 Å². The summed E-state index contributed by atoms with van der Waals surface area (Å²) < 4.78 is 10.6. The third-order valence-corrected chi connectivity index (χ3v) is 3.16. The highest BCUT2D eigenvalue weighted by Crippen LogP contribution is 2.16. The minimum absolute atomic E-state index is 0.271. The van der Waals surface area contributed by atoms with Crippen LogP contribution in [0.3, 0.4) is 0 Å². The van der Waals surface area contributed by atoms with Crippen molar-refractivity contribution >= 4 is 5.82 Å². The Morgan fingerprint density at radius 1 is 1.33 bits per heavy atom. The van der Waals surface area contributed by atoms with Crippen LogP contribution in [-0.4, -0.2) is 51.5 Å². The van der Waals surface area contributed by atoms with Crippen LogP contribution >= 0.6 is 0 Å². The molecule has 0 aromatic carbocycles. The molecule has 21 heavy (non-hydrogen) atoms. The molecule has 1 N–H and O–H groups in total. The van der Waals surface area contributed by atoms with Crippen LogP contribution in [0.15, 0.2) is 12.3 Å². The van der Waals surface area contributed by atoms with Gasteiger partial charge in [0, 0.05) is 40.0 Å². The number of aromatic nitrogens is 1. The van der Waals surface area contributed by atoms with Crippen molar-refractivity contribution in [3.8, 4) is 0 Å². The molecular formula is C16H29N3O2. The number of nitrogens with zero attached hydrogens (tertiary/aromatic N) is 2. The van der Waals surface area contributed by atoms with Crippen molar-refractivity contribution < 1.29 is 9.47 Å². The van der Waals surface area contributed by atoms with Crippen molar-refractivity contribution in [3.63, 3.8) is 0 Å². The summed E-state index contributed by atoms with van der Waals surface area (Å²) >= 11 is 0. The van der Waals surface area contributed by atoms with Gasteiger partial charge in [-0.25, -0.2) is 4.98 Å². The Hall–Kier alpha value is -1.17. The fraction of sp³-hybridized carbons (Fsp3) is 0.688. The molecule has 1 heterocycles. The maximum absolute atomic E-state index is 5.58. The number of methoxy groups -OCH3 is 1. The largest absolute Gasteiger partial charge is 0.383 e. The number of pyridine rings is 1. The molecule has 0 saturated heterocycles. The van der Waals surface area contributed by atoms with E-state index in [2.05, 4.69) is 49.1 Å². The molecule has 0 atom stereocenters. The highest BCUT2D eigenvalue weighted by molar-refractivity contribution is 5.46. The molecule has 1 rings (SSSR count). The first kappa shape index (κ1) is 17.9. The average Bonchev–Trinajstić information content (AvgIpc) is 2.43. The zero-order valence-corrected chi connectivity index (χ0v) is 14.0. The smallest absolute Gasteiger partial charge is 0.131 e. The molecule has 0 aliphatic carbocycles. The number of hydrogen-bond donors (Lipinski definition) is 1. The quantitative estimate of drug-likeness (QED) is 0.669. The van der Waals surface area contributed by atoms with Crippen LogP contribution in [0.4, 0.5) is 5.82 Å². The van der Waals surface area contributed by atoms with Gasteiger partial charge in [-0.15, -0.1) is 0 Å². The zero-order valence-electron chi connectivity index (χ0n) is 14.0. The summed E-state index contributed by atoms with van der Waals surface area (Å²) in [7, 11) is 3.76. The monoisotopic (exact) mass is 295 g/mol. The first-order chi connectivity index (χ1) is 10.0. The molecule has 0 saturated carbocycles. The number of ether oxygens (including phenoxy) is 2. The molecule has 5 heteroatoms. The van der Waals surface area contributed by atoms with Crippen molar-refractivity contribution in [2.75, 3.05) is 45.4 Å². The molecule has 0 radical (unpaired) electrons. The number of nitrogens with one attached hydrogen (secondary N) is 1. The third-order valence-electron chi connectivity index (χ3n) is 3.16. The van der Waals surface area contributed by atoms with E-state index in [0.717, 1.165) is 38.7 Å². The van der Waals surface area contributed by atoms with Gasteiger partial charge in [0.2, 0.25) is 0 Å². The van der Waals surface area contributed by atoms with Crippen LogP contribution in [0.2, 0.25) is 0 Å². The Balaban J connectivity index is 2.48. The second kappa shape index (κ2) is 9.71. The van der Waals surface area contributed by atoms with E-state index in [1.54, 1.807) is 7.11 Å². The zero-order chi connectivity index (χ0) is 15.7. The fourth-order valence-electron chi connectivity index (χ4n) is 2.06. The van der Waals surface area contributed by atoms with Gasteiger partial charge in [-0.05, 0) is 38.0 Å². The van der Waals surface area contributed by atoms with Gasteiger partial charge in [0.25, 0.3) is 0 Å². The van der Waals surface area contributed by atoms with E-state index in [-0.39, 0.29) is 6.10 Å². The highest BCUT2D eigenvalue weighted by Gasteiger charge is 2.07. The normalized spacial score (nSPS) is 11.1. The summed E-state index contributed by atoms with van der Waals surface area (Å²) in [6.07, 6.45) is 2.20. The fourth-order valence-corrected chi connectivity index (χ4v) is 2.06. The number of aryl methyl sites for hydroxylation is 1. The van der Waals surface area contributed by atoms with Crippen LogP contribution in [-0.2, 0) is 16.0 Å². The van der Waals surface area contributed by atoms with Crippen molar-refractivity contribution in [2.24, 2.45) is 0 Å². The SMILES string of the molecule is COCCNCc1cnc(N(C)CCOC(C)C)c(C)c1. The lowest BCUT2D eigenvalue weighted by molar-refractivity contribution is 0.0845. The summed E-state index contributed by atoms with van der Waals surface area (Å²) in [6, 6.07) is 2.18. The highest BCUT2D eigenvalue weighted by atomic mass is 16.5. The molecule has 5 nitrogen and oxygen atoms in total. The van der Waals surface area contributed by atoms with Crippen LogP contribution in [0.1, 0.15) is 25.0 Å². The van der Waals surface area contributed by atoms with Gasteiger partial charge in [-0.3, -0.25) is 0 Å². The minimum Gasteiger partial charge on any atom is -0.383 e. The molecule has 1 aromatic heterocycles. The van der Waals surface area contributed by atoms with Crippen molar-refractivity contribution in [1.29, 1.82) is 0 Å². The number of anilines is 1. The predicted octanol–water partition coefficient (Wildman–Crippen LogP) is 1.99. The Morgan fingerprint density at radius 3 is 2.71 bits per heavy atom. The summed E-state index contributed by atoms with van der Waals surface area (Å²) in [4.78, 5) is 6.71. The van der Waals surface area contributed by atoms with E-state index in [9.17, 15) is 0 Å². The van der Waals surface area contributed by atoms with E-state index in [0.29, 0.717) is 0 Å². The Kier molecular flexibility index (Phi) is 8.27. The van der Waals surface area contributed by atoms with Gasteiger partial charge in [0.15, 0.2) is 0 Å². The van der Waals surface area contributed by atoms with E-state index in [1.807, 2.05) is 6.20 Å². The third kappa shape index (κ3) is 6.89. The molecule has 0 fully saturated rings. The maximum Gasteiger partial charge on any atom is 0.131 e. The minimum atomic E-state index is 0.271. The van der Waals surface area contributed by atoms with Gasteiger partial charge in [-0.2, -0.15) is 0 Å². The van der Waals surface area contributed by atoms with Gasteiger partial charge < -0.3 is 19.7 Å². The lowest BCUT2D eigenvalue weighted by Gasteiger charge is -2.21. The van der Waals surface area contributed by atoms with Gasteiger partial charge in [-0.1, -0.05) is 0 Å². The second-order valence-corrected chi connectivity index (χ2v) is 5.49. The second-order valence-electron chi connectivity index (χ2n) is 5.49. The number of rotatable bonds is 10. The maximum atomic E-state index is 5.58. The van der Waals surface area contributed by atoms with Crippen molar-refractivity contribution in [1.82, 2.24) is 10.3 Å². The standard InChI is InChI=1S/C16H29N3O2/c1-13(2)21-9-7-19(4)16-14(3)10-15(12-18-16)11-17-6-8-20-5/h10,12-13,17H,6-9,11H2,1-5H3. The Bertz CT molecular complexity index is 411. The summed E-state index contributed by atoms with van der Waals surface area (Å²) in [5.74, 6) is 1.02. The molecule has 120 valence electrons. The Labute approximate surface area is 128 Å². The molecule has 0 aliphatic rings. The summed E-state index contributed by atoms with van der Waals surface area (Å²) in [5, 5.41) is 3.33. The van der Waals surface area contributed by atoms with Gasteiger partial charge in [0.1, 0.15) is 5.82 Å². The van der Waals surface area contributed by atoms with E-state index < -0.39 is 0 Å². The van der Waals surface area contributed by atoms with Crippen LogP contribution in [0.5, 0.6) is 0 Å². The number of hydrogen-bond acceptors (Lipinski definition) is 5. The first-order valence-corrected chi connectivity index (χ1v) is 7.52. The topological polar surface area (TPSA) is 46.6 Å². The number of likely N-dealkylation sites (N-methyl/N-ethyl adjacent to an activating group) is 1. The van der Waals surface area contributed by atoms with Gasteiger partial charge >= 0.3 is 0 Å². The molecule has 1 aromatic rings. The lowest BCUT2D eigenvalue weighted by atomic mass is 10.2.